The quantitative estimate of drug-likeness (QED) is 0.765. The SMILES string of the molecule is COc1ccc(C(=O)c2cccs2)cc1F. The van der Waals surface area contributed by atoms with Crippen molar-refractivity contribution in [3.8, 4) is 5.75 Å². The number of halogens is 1. The summed E-state index contributed by atoms with van der Waals surface area (Å²) < 4.78 is 18.2. The number of carbonyl (C=O) groups excluding carboxylic acids is 1. The van der Waals surface area contributed by atoms with Crippen molar-refractivity contribution in [3.05, 3.63) is 52.0 Å². The number of benzene rings is 1. The van der Waals surface area contributed by atoms with Crippen LogP contribution in [0.25, 0.3) is 0 Å². The average Bonchev–Trinajstić information content (AvgIpc) is 2.81. The highest BCUT2D eigenvalue weighted by molar-refractivity contribution is 7.12. The fourth-order valence-corrected chi connectivity index (χ4v) is 2.04. The summed E-state index contributed by atoms with van der Waals surface area (Å²) in [6.45, 7) is 0. The van der Waals surface area contributed by atoms with Gasteiger partial charge in [0.2, 0.25) is 5.78 Å². The molecule has 16 heavy (non-hydrogen) atoms. The largest absolute Gasteiger partial charge is 0.494 e. The predicted molar refractivity (Wildman–Crippen MR) is 60.7 cm³/mol. The number of ketones is 1. The van der Waals surface area contributed by atoms with E-state index < -0.39 is 5.82 Å². The van der Waals surface area contributed by atoms with Crippen LogP contribution in [-0.2, 0) is 0 Å². The number of rotatable bonds is 3. The average molecular weight is 236 g/mol. The van der Waals surface area contributed by atoms with Crippen LogP contribution in [-0.4, -0.2) is 12.9 Å². The summed E-state index contributed by atoms with van der Waals surface area (Å²) in [5.74, 6) is -0.552. The third-order valence-electron chi connectivity index (χ3n) is 2.16. The summed E-state index contributed by atoms with van der Waals surface area (Å²) >= 11 is 1.34. The van der Waals surface area contributed by atoms with E-state index in [2.05, 4.69) is 0 Å². The fraction of sp³-hybridized carbons (Fsp3) is 0.0833. The van der Waals surface area contributed by atoms with Crippen molar-refractivity contribution >= 4 is 17.1 Å². The molecule has 0 unspecified atom stereocenters. The zero-order valence-electron chi connectivity index (χ0n) is 8.57. The Hall–Kier alpha value is -1.68. The van der Waals surface area contributed by atoms with Crippen LogP contribution in [0.1, 0.15) is 15.2 Å². The fourth-order valence-electron chi connectivity index (χ4n) is 1.36. The molecule has 4 heteroatoms. The lowest BCUT2D eigenvalue weighted by molar-refractivity contribution is 0.104. The van der Waals surface area contributed by atoms with Crippen LogP contribution in [0.5, 0.6) is 5.75 Å². The summed E-state index contributed by atoms with van der Waals surface area (Å²) in [4.78, 5) is 12.5. The molecular formula is C12H9FO2S. The molecule has 0 bridgehead atoms. The minimum absolute atomic E-state index is 0.141. The van der Waals surface area contributed by atoms with E-state index in [1.165, 1.54) is 30.6 Å². The smallest absolute Gasteiger partial charge is 0.203 e. The van der Waals surface area contributed by atoms with Gasteiger partial charge in [-0.2, -0.15) is 0 Å². The summed E-state index contributed by atoms with van der Waals surface area (Å²) in [6, 6.07) is 7.72. The molecule has 0 amide bonds. The van der Waals surface area contributed by atoms with Crippen molar-refractivity contribution in [3.63, 3.8) is 0 Å². The highest BCUT2D eigenvalue weighted by Gasteiger charge is 2.12. The van der Waals surface area contributed by atoms with Crippen LogP contribution < -0.4 is 4.74 Å². The molecular weight excluding hydrogens is 227 g/mol. The standard InChI is InChI=1S/C12H9FO2S/c1-15-10-5-4-8(7-9(10)13)12(14)11-3-2-6-16-11/h2-7H,1H3. The first-order valence-electron chi connectivity index (χ1n) is 4.64. The maximum Gasteiger partial charge on any atom is 0.203 e. The second kappa shape index (κ2) is 4.45. The number of hydrogen-bond acceptors (Lipinski definition) is 3. The number of hydrogen-bond donors (Lipinski definition) is 0. The van der Waals surface area contributed by atoms with Gasteiger partial charge in [-0.05, 0) is 29.6 Å². The predicted octanol–water partition coefficient (Wildman–Crippen LogP) is 3.13. The molecule has 1 heterocycles. The highest BCUT2D eigenvalue weighted by atomic mass is 32.1. The summed E-state index contributed by atoms with van der Waals surface area (Å²) in [7, 11) is 1.39. The van der Waals surface area contributed by atoms with Crippen LogP contribution in [0, 0.1) is 5.82 Å². The monoisotopic (exact) mass is 236 g/mol. The molecule has 0 fully saturated rings. The van der Waals surface area contributed by atoms with E-state index in [1.54, 1.807) is 18.2 Å². The van der Waals surface area contributed by atoms with Gasteiger partial charge in [0.15, 0.2) is 11.6 Å². The maximum absolute atomic E-state index is 13.4. The van der Waals surface area contributed by atoms with E-state index in [0.717, 1.165) is 0 Å². The third kappa shape index (κ3) is 1.97. The van der Waals surface area contributed by atoms with Crippen LogP contribution in [0.2, 0.25) is 0 Å². The van der Waals surface area contributed by atoms with E-state index in [0.29, 0.717) is 10.4 Å². The molecule has 0 radical (unpaired) electrons. The second-order valence-electron chi connectivity index (χ2n) is 3.16. The van der Waals surface area contributed by atoms with Crippen molar-refractivity contribution in [2.75, 3.05) is 7.11 Å². The number of methoxy groups -OCH3 is 1. The van der Waals surface area contributed by atoms with E-state index in [1.807, 2.05) is 5.38 Å². The van der Waals surface area contributed by atoms with E-state index in [-0.39, 0.29) is 11.5 Å². The van der Waals surface area contributed by atoms with Gasteiger partial charge in [-0.15, -0.1) is 11.3 Å². The normalized spacial score (nSPS) is 10.1. The van der Waals surface area contributed by atoms with Gasteiger partial charge in [0.25, 0.3) is 0 Å². The van der Waals surface area contributed by atoms with E-state index >= 15 is 0 Å². The Kier molecular flexibility index (Phi) is 3.01. The first kappa shape index (κ1) is 10.8. The molecule has 2 aromatic rings. The molecule has 0 aliphatic carbocycles. The molecule has 82 valence electrons. The van der Waals surface area contributed by atoms with Gasteiger partial charge < -0.3 is 4.74 Å². The minimum Gasteiger partial charge on any atom is -0.494 e. The summed E-state index contributed by atoms with van der Waals surface area (Å²) in [6.07, 6.45) is 0. The van der Waals surface area contributed by atoms with Gasteiger partial charge in [0, 0.05) is 5.56 Å². The van der Waals surface area contributed by atoms with Gasteiger partial charge >= 0.3 is 0 Å². The lowest BCUT2D eigenvalue weighted by Crippen LogP contribution is -2.00. The Morgan fingerprint density at radius 2 is 2.19 bits per heavy atom. The van der Waals surface area contributed by atoms with E-state index in [4.69, 9.17) is 4.74 Å². The van der Waals surface area contributed by atoms with Gasteiger partial charge in [0.05, 0.1) is 12.0 Å². The molecule has 0 saturated carbocycles. The van der Waals surface area contributed by atoms with Gasteiger partial charge in [-0.1, -0.05) is 6.07 Å². The Balaban J connectivity index is 2.35. The van der Waals surface area contributed by atoms with Crippen LogP contribution in [0.15, 0.2) is 35.7 Å². The first-order valence-corrected chi connectivity index (χ1v) is 5.52. The third-order valence-corrected chi connectivity index (χ3v) is 3.03. The Morgan fingerprint density at radius 1 is 1.38 bits per heavy atom. The topological polar surface area (TPSA) is 26.3 Å². The Labute approximate surface area is 96.3 Å². The lowest BCUT2D eigenvalue weighted by Gasteiger charge is -2.03. The number of carbonyl (C=O) groups is 1. The summed E-state index contributed by atoms with van der Waals surface area (Å²) in [5, 5.41) is 1.81. The van der Waals surface area contributed by atoms with E-state index in [9.17, 15) is 9.18 Å². The van der Waals surface area contributed by atoms with Crippen molar-refractivity contribution in [2.45, 2.75) is 0 Å². The van der Waals surface area contributed by atoms with Gasteiger partial charge in [-0.3, -0.25) is 4.79 Å². The molecule has 2 nitrogen and oxygen atoms in total. The van der Waals surface area contributed by atoms with Crippen LogP contribution >= 0.6 is 11.3 Å². The highest BCUT2D eigenvalue weighted by Crippen LogP contribution is 2.21. The molecule has 0 saturated heterocycles. The Bertz CT molecular complexity index is 506. The minimum atomic E-state index is -0.523. The zero-order chi connectivity index (χ0) is 11.5. The van der Waals surface area contributed by atoms with Crippen molar-refractivity contribution in [1.29, 1.82) is 0 Å². The molecule has 0 spiro atoms. The van der Waals surface area contributed by atoms with Gasteiger partial charge in [-0.25, -0.2) is 4.39 Å². The molecule has 0 N–H and O–H groups in total. The second-order valence-corrected chi connectivity index (χ2v) is 4.10. The van der Waals surface area contributed by atoms with Crippen molar-refractivity contribution < 1.29 is 13.9 Å². The first-order chi connectivity index (χ1) is 7.72. The molecule has 0 aliphatic heterocycles. The number of ether oxygens (including phenoxy) is 1. The molecule has 2 rings (SSSR count). The molecule has 0 aliphatic rings. The molecule has 0 atom stereocenters. The lowest BCUT2D eigenvalue weighted by atomic mass is 10.1. The van der Waals surface area contributed by atoms with Crippen LogP contribution in [0.3, 0.4) is 0 Å². The molecule has 1 aromatic carbocycles. The van der Waals surface area contributed by atoms with Crippen molar-refractivity contribution in [1.82, 2.24) is 0 Å². The van der Waals surface area contributed by atoms with Crippen molar-refractivity contribution in [2.24, 2.45) is 0 Å². The maximum atomic E-state index is 13.4. The Morgan fingerprint density at radius 3 is 2.75 bits per heavy atom. The summed E-state index contributed by atoms with van der Waals surface area (Å²) in [5.41, 5.74) is 0.334. The zero-order valence-corrected chi connectivity index (χ0v) is 9.38. The molecule has 1 aromatic heterocycles. The number of thiophene rings is 1. The van der Waals surface area contributed by atoms with Gasteiger partial charge in [0.1, 0.15) is 0 Å². The van der Waals surface area contributed by atoms with Crippen LogP contribution in [0.4, 0.5) is 4.39 Å².